The zero-order valence-electron chi connectivity index (χ0n) is 18.2. The van der Waals surface area contributed by atoms with Crippen LogP contribution in [-0.2, 0) is 4.74 Å². The number of ether oxygens (including phenoxy) is 1. The Kier molecular flexibility index (Phi) is 6.10. The van der Waals surface area contributed by atoms with Gasteiger partial charge in [0.2, 0.25) is 0 Å². The van der Waals surface area contributed by atoms with E-state index in [0.717, 1.165) is 41.5 Å². The Bertz CT molecular complexity index is 1190. The molecule has 0 bridgehead atoms. The fourth-order valence-corrected chi connectivity index (χ4v) is 4.42. The molecule has 2 unspecified atom stereocenters. The minimum Gasteiger partial charge on any atom is -0.478 e. The van der Waals surface area contributed by atoms with Crippen LogP contribution >= 0.6 is 0 Å². The molecule has 32 heavy (non-hydrogen) atoms. The molecule has 166 valence electrons. The maximum atomic E-state index is 12.2. The third kappa shape index (κ3) is 4.29. The molecule has 1 aromatic heterocycles. The number of hydrogen-bond acceptors (Lipinski definition) is 5. The van der Waals surface area contributed by atoms with Crippen molar-refractivity contribution in [2.24, 2.45) is 5.73 Å². The Hall–Kier alpha value is -3.45. The topological polar surface area (TPSA) is 115 Å². The average Bonchev–Trinajstić information content (AvgIpc) is 2.78. The first-order valence-electron chi connectivity index (χ1n) is 10.8. The molecule has 0 spiro atoms. The van der Waals surface area contributed by atoms with Crippen molar-refractivity contribution < 1.29 is 19.4 Å². The summed E-state index contributed by atoms with van der Waals surface area (Å²) in [6.07, 6.45) is 1.83. The number of aromatic nitrogens is 1. The van der Waals surface area contributed by atoms with Gasteiger partial charge in [0.05, 0.1) is 17.7 Å². The van der Waals surface area contributed by atoms with E-state index in [-0.39, 0.29) is 17.5 Å². The number of benzene rings is 2. The summed E-state index contributed by atoms with van der Waals surface area (Å²) in [7, 11) is 0. The predicted molar refractivity (Wildman–Crippen MR) is 123 cm³/mol. The average molecular weight is 434 g/mol. The molecular formula is C25H27N3O4. The number of hydrogen-bond donors (Lipinski definition) is 3. The number of nitrogens with one attached hydrogen (secondary N) is 1. The fourth-order valence-electron chi connectivity index (χ4n) is 4.42. The number of aryl methyl sites for hydroxylation is 1. The van der Waals surface area contributed by atoms with E-state index in [4.69, 9.17) is 10.5 Å². The second-order valence-corrected chi connectivity index (χ2v) is 8.34. The highest BCUT2D eigenvalue weighted by Gasteiger charge is 2.24. The van der Waals surface area contributed by atoms with Crippen molar-refractivity contribution in [3.05, 3.63) is 70.4 Å². The zero-order valence-corrected chi connectivity index (χ0v) is 18.2. The first-order chi connectivity index (χ1) is 15.3. The number of carboxylic acids is 1. The summed E-state index contributed by atoms with van der Waals surface area (Å²) in [6, 6.07) is 12.7. The summed E-state index contributed by atoms with van der Waals surface area (Å²) in [4.78, 5) is 28.5. The molecule has 1 amide bonds. The quantitative estimate of drug-likeness (QED) is 0.531. The van der Waals surface area contributed by atoms with Gasteiger partial charge in [0, 0.05) is 29.6 Å². The van der Waals surface area contributed by atoms with Gasteiger partial charge in [0.15, 0.2) is 0 Å². The van der Waals surface area contributed by atoms with E-state index in [1.165, 1.54) is 0 Å². The van der Waals surface area contributed by atoms with E-state index in [0.29, 0.717) is 23.5 Å². The first-order valence-corrected chi connectivity index (χ1v) is 10.8. The summed E-state index contributed by atoms with van der Waals surface area (Å²) >= 11 is 0. The number of para-hydroxylation sites is 1. The molecule has 1 aliphatic rings. The molecule has 1 aliphatic heterocycles. The molecule has 7 heteroatoms. The predicted octanol–water partition coefficient (Wildman–Crippen LogP) is 4.41. The van der Waals surface area contributed by atoms with Crippen LogP contribution in [0.5, 0.6) is 0 Å². The van der Waals surface area contributed by atoms with E-state index in [2.05, 4.69) is 16.4 Å². The summed E-state index contributed by atoms with van der Waals surface area (Å²) in [5, 5.41) is 13.8. The molecule has 0 radical (unpaired) electrons. The molecule has 0 aliphatic carbocycles. The number of fused-ring (bicyclic) bond motifs is 1. The van der Waals surface area contributed by atoms with Crippen LogP contribution < -0.4 is 11.1 Å². The monoisotopic (exact) mass is 433 g/mol. The van der Waals surface area contributed by atoms with E-state index < -0.39 is 11.9 Å². The van der Waals surface area contributed by atoms with Gasteiger partial charge in [-0.3, -0.25) is 4.79 Å². The van der Waals surface area contributed by atoms with Gasteiger partial charge in [-0.05, 0) is 67.6 Å². The lowest BCUT2D eigenvalue weighted by Gasteiger charge is -2.25. The number of carboxylic acid groups (broad SMARTS) is 1. The lowest BCUT2D eigenvalue weighted by molar-refractivity contribution is 0.0697. The number of primary amides is 1. The molecule has 3 aromatic rings. The van der Waals surface area contributed by atoms with Crippen molar-refractivity contribution in [1.82, 2.24) is 4.98 Å². The lowest BCUT2D eigenvalue weighted by Crippen LogP contribution is -2.22. The van der Waals surface area contributed by atoms with E-state index in [1.54, 1.807) is 24.3 Å². The molecule has 2 atom stereocenters. The molecule has 7 nitrogen and oxygen atoms in total. The van der Waals surface area contributed by atoms with Crippen LogP contribution in [0.2, 0.25) is 0 Å². The van der Waals surface area contributed by atoms with Gasteiger partial charge in [-0.1, -0.05) is 18.2 Å². The molecular weight excluding hydrogens is 406 g/mol. The number of nitrogens with zero attached hydrogens (tertiary/aromatic N) is 1. The van der Waals surface area contributed by atoms with Crippen molar-refractivity contribution in [1.29, 1.82) is 0 Å². The van der Waals surface area contributed by atoms with Gasteiger partial charge in [-0.25, -0.2) is 9.78 Å². The minimum atomic E-state index is -0.984. The maximum Gasteiger partial charge on any atom is 0.337 e. The molecule has 1 fully saturated rings. The summed E-state index contributed by atoms with van der Waals surface area (Å²) in [5.74, 6) is -1.47. The zero-order chi connectivity index (χ0) is 22.8. The Morgan fingerprint density at radius 1 is 1.25 bits per heavy atom. The molecule has 4 rings (SSSR count). The van der Waals surface area contributed by atoms with Crippen LogP contribution in [0.4, 0.5) is 5.69 Å². The van der Waals surface area contributed by atoms with Gasteiger partial charge >= 0.3 is 5.97 Å². The Morgan fingerprint density at radius 2 is 2.03 bits per heavy atom. The number of amides is 1. The van der Waals surface area contributed by atoms with E-state index in [9.17, 15) is 14.7 Å². The van der Waals surface area contributed by atoms with Gasteiger partial charge in [0.25, 0.3) is 5.91 Å². The van der Waals surface area contributed by atoms with Gasteiger partial charge in [-0.15, -0.1) is 0 Å². The van der Waals surface area contributed by atoms with Crippen LogP contribution in [0.1, 0.15) is 69.3 Å². The number of rotatable bonds is 6. The molecule has 2 aromatic carbocycles. The smallest absolute Gasteiger partial charge is 0.337 e. The Balaban J connectivity index is 1.82. The summed E-state index contributed by atoms with van der Waals surface area (Å²) < 4.78 is 5.65. The number of pyridine rings is 1. The number of aromatic carboxylic acids is 1. The first kappa shape index (κ1) is 21.8. The van der Waals surface area contributed by atoms with Crippen molar-refractivity contribution in [2.75, 3.05) is 18.5 Å². The van der Waals surface area contributed by atoms with E-state index >= 15 is 0 Å². The minimum absolute atomic E-state index is 0.0632. The van der Waals surface area contributed by atoms with Crippen LogP contribution in [0, 0.1) is 6.92 Å². The van der Waals surface area contributed by atoms with Crippen molar-refractivity contribution in [3.8, 4) is 0 Å². The number of carbonyl (C=O) groups excluding carboxylic acids is 1. The van der Waals surface area contributed by atoms with Crippen molar-refractivity contribution in [3.63, 3.8) is 0 Å². The molecule has 0 saturated carbocycles. The summed E-state index contributed by atoms with van der Waals surface area (Å²) in [6.45, 7) is 5.21. The van der Waals surface area contributed by atoms with Crippen LogP contribution in [-0.4, -0.2) is 35.2 Å². The lowest BCUT2D eigenvalue weighted by atomic mass is 9.89. The highest BCUT2D eigenvalue weighted by atomic mass is 16.5. The number of anilines is 1. The SMILES string of the molecule is Cc1cc(C(C)Nc2ccccc2C(=O)O)c2cc(C3CCCOC3)c(C(N)=O)nc2c1. The number of carbonyl (C=O) groups is 2. The van der Waals surface area contributed by atoms with E-state index in [1.807, 2.05) is 26.0 Å². The van der Waals surface area contributed by atoms with Crippen molar-refractivity contribution in [2.45, 2.75) is 38.6 Å². The second-order valence-electron chi connectivity index (χ2n) is 8.34. The normalized spacial score (nSPS) is 17.1. The molecule has 4 N–H and O–H groups in total. The van der Waals surface area contributed by atoms with Gasteiger partial charge in [0.1, 0.15) is 5.69 Å². The fraction of sp³-hybridized carbons (Fsp3) is 0.320. The van der Waals surface area contributed by atoms with Gasteiger partial charge in [-0.2, -0.15) is 0 Å². The molecule has 2 heterocycles. The maximum absolute atomic E-state index is 12.2. The Morgan fingerprint density at radius 3 is 2.72 bits per heavy atom. The number of nitrogens with two attached hydrogens (primary N) is 1. The summed E-state index contributed by atoms with van der Waals surface area (Å²) in [5.41, 5.74) is 10.2. The highest BCUT2D eigenvalue weighted by Crippen LogP contribution is 2.34. The largest absolute Gasteiger partial charge is 0.478 e. The molecule has 1 saturated heterocycles. The van der Waals surface area contributed by atoms with Crippen molar-refractivity contribution >= 4 is 28.5 Å². The van der Waals surface area contributed by atoms with Crippen LogP contribution in [0.25, 0.3) is 10.9 Å². The highest BCUT2D eigenvalue weighted by molar-refractivity contribution is 5.97. The van der Waals surface area contributed by atoms with Gasteiger partial charge < -0.3 is 20.9 Å². The van der Waals surface area contributed by atoms with Crippen LogP contribution in [0.3, 0.4) is 0 Å². The standard InChI is InChI=1S/C25H27N3O4/c1-14-10-18(15(2)27-21-8-4-3-7-17(21)25(30)31)20-12-19(16-6-5-9-32-13-16)23(24(26)29)28-22(20)11-14/h3-4,7-8,10-12,15-16,27H,5-6,9,13H2,1-2H3,(H2,26,29)(H,30,31). The van der Waals surface area contributed by atoms with Crippen LogP contribution in [0.15, 0.2) is 42.5 Å². The third-order valence-electron chi connectivity index (χ3n) is 5.97. The Labute approximate surface area is 186 Å². The third-order valence-corrected chi connectivity index (χ3v) is 5.97. The second kappa shape index (κ2) is 8.96.